The largest absolute Gasteiger partial charge is 0.516 e. The van der Waals surface area contributed by atoms with Crippen LogP contribution < -0.4 is 10.4 Å². The molecule has 0 aliphatic heterocycles. The lowest BCUT2D eigenvalue weighted by Crippen LogP contribution is -2.68. The van der Waals surface area contributed by atoms with E-state index in [1.54, 1.807) is 13.8 Å². The van der Waals surface area contributed by atoms with Gasteiger partial charge in [0.05, 0.1) is 32.2 Å². The predicted octanol–water partition coefficient (Wildman–Crippen LogP) is 3.97. The summed E-state index contributed by atoms with van der Waals surface area (Å²) in [4.78, 5) is 36.6. The Labute approximate surface area is 202 Å². The van der Waals surface area contributed by atoms with Gasteiger partial charge in [0.25, 0.3) is 8.32 Å². The highest BCUT2D eigenvalue weighted by Gasteiger charge is 2.51. The minimum atomic E-state index is -3.06. The van der Waals surface area contributed by atoms with Crippen LogP contribution in [-0.4, -0.2) is 45.7 Å². The SMILES string of the molecule is CCOC(=O)C[C@@H](CC(=O)OC(=O)OCC)O[Si](c1ccccc1)(c1ccccc1)C(C)(C)C. The van der Waals surface area contributed by atoms with Gasteiger partial charge in [-0.3, -0.25) is 9.59 Å². The summed E-state index contributed by atoms with van der Waals surface area (Å²) in [5.74, 6) is -1.32. The van der Waals surface area contributed by atoms with Gasteiger partial charge in [-0.05, 0) is 29.3 Å². The zero-order valence-electron chi connectivity index (χ0n) is 20.5. The van der Waals surface area contributed by atoms with E-state index in [9.17, 15) is 14.4 Å². The number of carbonyl (C=O) groups excluding carboxylic acids is 3. The Hall–Kier alpha value is -2.97. The summed E-state index contributed by atoms with van der Waals surface area (Å²) < 4.78 is 21.5. The molecule has 184 valence electrons. The number of ether oxygens (including phenoxy) is 3. The van der Waals surface area contributed by atoms with Crippen LogP contribution in [0, 0.1) is 0 Å². The van der Waals surface area contributed by atoms with Gasteiger partial charge >= 0.3 is 18.1 Å². The van der Waals surface area contributed by atoms with Crippen molar-refractivity contribution in [1.82, 2.24) is 0 Å². The highest BCUT2D eigenvalue weighted by Crippen LogP contribution is 2.38. The van der Waals surface area contributed by atoms with Crippen molar-refractivity contribution >= 4 is 36.8 Å². The normalized spacial score (nSPS) is 12.5. The van der Waals surface area contributed by atoms with Gasteiger partial charge in [-0.25, -0.2) is 4.79 Å². The molecule has 0 fully saturated rings. The molecule has 0 saturated carbocycles. The maximum Gasteiger partial charge on any atom is 0.516 e. The molecule has 1 atom stereocenters. The number of hydrogen-bond donors (Lipinski definition) is 0. The van der Waals surface area contributed by atoms with Crippen LogP contribution in [0.5, 0.6) is 0 Å². The molecular weight excluding hydrogens is 452 g/mol. The first kappa shape index (κ1) is 27.3. The second kappa shape index (κ2) is 12.5. The molecule has 34 heavy (non-hydrogen) atoms. The van der Waals surface area contributed by atoms with E-state index in [1.807, 2.05) is 60.7 Å². The molecule has 2 aromatic rings. The molecule has 8 heteroatoms. The van der Waals surface area contributed by atoms with Crippen molar-refractivity contribution in [3.05, 3.63) is 60.7 Å². The molecule has 2 aromatic carbocycles. The lowest BCUT2D eigenvalue weighted by Gasteiger charge is -2.45. The van der Waals surface area contributed by atoms with Crippen molar-refractivity contribution in [3.8, 4) is 0 Å². The molecule has 0 heterocycles. The molecule has 0 radical (unpaired) electrons. The molecule has 0 saturated heterocycles. The number of carbonyl (C=O) groups is 3. The van der Waals surface area contributed by atoms with Gasteiger partial charge in [-0.15, -0.1) is 0 Å². The highest BCUT2D eigenvalue weighted by atomic mass is 28.4. The van der Waals surface area contributed by atoms with Gasteiger partial charge in [-0.1, -0.05) is 81.4 Å². The molecule has 0 bridgehead atoms. The lowest BCUT2D eigenvalue weighted by atomic mass is 10.2. The van der Waals surface area contributed by atoms with Gasteiger partial charge < -0.3 is 18.6 Å². The van der Waals surface area contributed by atoms with Crippen molar-refractivity contribution in [1.29, 1.82) is 0 Å². The van der Waals surface area contributed by atoms with Crippen molar-refractivity contribution in [2.45, 2.75) is 58.6 Å². The van der Waals surface area contributed by atoms with E-state index < -0.39 is 32.5 Å². The van der Waals surface area contributed by atoms with E-state index in [1.165, 1.54) is 0 Å². The lowest BCUT2D eigenvalue weighted by molar-refractivity contribution is -0.146. The van der Waals surface area contributed by atoms with Crippen LogP contribution in [0.2, 0.25) is 5.04 Å². The first-order chi connectivity index (χ1) is 16.1. The number of esters is 2. The Bertz CT molecular complexity index is 899. The summed E-state index contributed by atoms with van der Waals surface area (Å²) >= 11 is 0. The van der Waals surface area contributed by atoms with E-state index in [0.717, 1.165) is 10.4 Å². The fourth-order valence-corrected chi connectivity index (χ4v) is 8.65. The Kier molecular flexibility index (Phi) is 10.0. The maximum atomic E-state index is 12.5. The van der Waals surface area contributed by atoms with E-state index >= 15 is 0 Å². The minimum absolute atomic E-state index is 0.0803. The second-order valence-corrected chi connectivity index (χ2v) is 13.0. The fourth-order valence-electron chi connectivity index (χ4n) is 3.97. The van der Waals surface area contributed by atoms with E-state index in [0.29, 0.717) is 0 Å². The van der Waals surface area contributed by atoms with Crippen LogP contribution in [0.1, 0.15) is 47.5 Å². The Morgan fingerprint density at radius 1 is 0.765 bits per heavy atom. The third-order valence-electron chi connectivity index (χ3n) is 5.31. The molecule has 0 N–H and O–H groups in total. The zero-order chi connectivity index (χ0) is 25.2. The molecule has 7 nitrogen and oxygen atoms in total. The van der Waals surface area contributed by atoms with Crippen LogP contribution in [0.4, 0.5) is 4.79 Å². The van der Waals surface area contributed by atoms with Gasteiger partial charge in [0.1, 0.15) is 0 Å². The predicted molar refractivity (Wildman–Crippen MR) is 131 cm³/mol. The monoisotopic (exact) mass is 486 g/mol. The van der Waals surface area contributed by atoms with Crippen molar-refractivity contribution in [2.75, 3.05) is 13.2 Å². The second-order valence-electron chi connectivity index (χ2n) is 8.77. The van der Waals surface area contributed by atoms with E-state index in [4.69, 9.17) is 18.6 Å². The molecule has 0 amide bonds. The molecule has 0 spiro atoms. The summed E-state index contributed by atoms with van der Waals surface area (Å²) in [5.41, 5.74) is 0. The Balaban J connectivity index is 2.53. The summed E-state index contributed by atoms with van der Waals surface area (Å²) in [6, 6.07) is 19.7. The number of benzene rings is 2. The fraction of sp³-hybridized carbons (Fsp3) is 0.423. The Morgan fingerprint density at radius 3 is 1.68 bits per heavy atom. The van der Waals surface area contributed by atoms with Crippen LogP contribution in [-0.2, 0) is 28.2 Å². The maximum absolute atomic E-state index is 12.5. The quantitative estimate of drug-likeness (QED) is 0.285. The topological polar surface area (TPSA) is 88.1 Å². The van der Waals surface area contributed by atoms with Gasteiger partial charge in [-0.2, -0.15) is 0 Å². The summed E-state index contributed by atoms with van der Waals surface area (Å²) in [6.07, 6.45) is -2.40. The number of hydrogen-bond acceptors (Lipinski definition) is 7. The third kappa shape index (κ3) is 7.01. The summed E-state index contributed by atoms with van der Waals surface area (Å²) in [6.45, 7) is 9.90. The van der Waals surface area contributed by atoms with Gasteiger partial charge in [0, 0.05) is 0 Å². The van der Waals surface area contributed by atoms with Crippen LogP contribution in [0.3, 0.4) is 0 Å². The molecular formula is C26H34O7Si. The van der Waals surface area contributed by atoms with Gasteiger partial charge in [0.2, 0.25) is 0 Å². The third-order valence-corrected chi connectivity index (χ3v) is 10.4. The molecule has 0 aliphatic carbocycles. The minimum Gasteiger partial charge on any atom is -0.466 e. The Morgan fingerprint density at radius 2 is 1.24 bits per heavy atom. The van der Waals surface area contributed by atoms with E-state index in [-0.39, 0.29) is 31.1 Å². The molecule has 0 aromatic heterocycles. The standard InChI is InChI=1S/C26H34O7Si/c1-6-30-23(27)18-20(19-24(28)32-25(29)31-7-2)33-34(26(3,4)5,21-14-10-8-11-15-21)22-16-12-9-13-17-22/h8-17,20H,6-7,18-19H2,1-5H3/t20-/m0/s1. The molecule has 2 rings (SSSR count). The van der Waals surface area contributed by atoms with Crippen LogP contribution >= 0.6 is 0 Å². The molecule has 0 aliphatic rings. The van der Waals surface area contributed by atoms with Crippen molar-refractivity contribution in [2.24, 2.45) is 0 Å². The average molecular weight is 487 g/mol. The zero-order valence-corrected chi connectivity index (χ0v) is 21.5. The first-order valence-corrected chi connectivity index (χ1v) is 13.4. The van der Waals surface area contributed by atoms with Crippen molar-refractivity contribution in [3.63, 3.8) is 0 Å². The van der Waals surface area contributed by atoms with Crippen LogP contribution in [0.15, 0.2) is 60.7 Å². The number of rotatable bonds is 10. The summed E-state index contributed by atoms with van der Waals surface area (Å²) in [7, 11) is -3.06. The smallest absolute Gasteiger partial charge is 0.466 e. The average Bonchev–Trinajstić information content (AvgIpc) is 2.78. The van der Waals surface area contributed by atoms with Crippen molar-refractivity contribution < 1.29 is 33.0 Å². The highest BCUT2D eigenvalue weighted by molar-refractivity contribution is 6.99. The molecule has 0 unspecified atom stereocenters. The summed E-state index contributed by atoms with van der Waals surface area (Å²) in [5, 5.41) is 1.64. The first-order valence-electron chi connectivity index (χ1n) is 11.5. The van der Waals surface area contributed by atoms with Crippen LogP contribution in [0.25, 0.3) is 0 Å². The van der Waals surface area contributed by atoms with E-state index in [2.05, 4.69) is 20.8 Å². The van der Waals surface area contributed by atoms with Gasteiger partial charge in [0.15, 0.2) is 0 Å².